The van der Waals surface area contributed by atoms with Crippen LogP contribution < -0.4 is 10.2 Å². The van der Waals surface area contributed by atoms with E-state index in [-0.39, 0.29) is 18.7 Å². The molecule has 0 fully saturated rings. The lowest BCUT2D eigenvalue weighted by Gasteiger charge is -2.24. The average Bonchev–Trinajstić information content (AvgIpc) is 2.74. The normalized spacial score (nSPS) is 11.5. The highest BCUT2D eigenvalue weighted by Gasteiger charge is 2.20. The molecule has 3 aromatic carbocycles. The summed E-state index contributed by atoms with van der Waals surface area (Å²) in [4.78, 5) is 14.4. The van der Waals surface area contributed by atoms with Gasteiger partial charge in [0.15, 0.2) is 0 Å². The van der Waals surface area contributed by atoms with Gasteiger partial charge in [-0.05, 0) is 59.7 Å². The fraction of sp³-hybridized carbons (Fsp3) is 0.208. The largest absolute Gasteiger partial charge is 0.377 e. The van der Waals surface area contributed by atoms with Crippen LogP contribution in [0.2, 0.25) is 0 Å². The zero-order chi connectivity index (χ0) is 24.2. The minimum absolute atomic E-state index is 0.0351. The number of halogens is 2. The molecule has 1 amide bonds. The minimum Gasteiger partial charge on any atom is -0.377 e. The second-order valence-electron chi connectivity index (χ2n) is 7.86. The van der Waals surface area contributed by atoms with Crippen molar-refractivity contribution in [3.05, 3.63) is 95.1 Å². The number of sulfonamides is 1. The summed E-state index contributed by atoms with van der Waals surface area (Å²) >= 11 is 0. The van der Waals surface area contributed by atoms with E-state index < -0.39 is 27.6 Å². The van der Waals surface area contributed by atoms with Crippen LogP contribution >= 0.6 is 0 Å². The number of anilines is 2. The maximum atomic E-state index is 13.5. The number of rotatable bonds is 8. The first kappa shape index (κ1) is 24.3. The quantitative estimate of drug-likeness (QED) is 0.531. The summed E-state index contributed by atoms with van der Waals surface area (Å²) in [5, 5.41) is 2.73. The molecule has 0 aliphatic carbocycles. The molecule has 33 heavy (non-hydrogen) atoms. The summed E-state index contributed by atoms with van der Waals surface area (Å²) in [6, 6.07) is 16.1. The summed E-state index contributed by atoms with van der Waals surface area (Å²) in [7, 11) is 0.0505. The summed E-state index contributed by atoms with van der Waals surface area (Å²) in [6.45, 7) is 0.0965. The predicted octanol–water partition coefficient (Wildman–Crippen LogP) is 4.24. The Kier molecular flexibility index (Phi) is 7.45. The van der Waals surface area contributed by atoms with E-state index in [1.54, 1.807) is 18.2 Å². The van der Waals surface area contributed by atoms with Crippen molar-refractivity contribution in [1.29, 1.82) is 0 Å². The van der Waals surface area contributed by atoms with Crippen molar-refractivity contribution in [1.82, 2.24) is 4.31 Å². The fourth-order valence-corrected chi connectivity index (χ4v) is 4.09. The number of carbonyl (C=O) groups is 1. The van der Waals surface area contributed by atoms with Crippen molar-refractivity contribution < 1.29 is 22.0 Å². The molecule has 1 N–H and O–H groups in total. The van der Waals surface area contributed by atoms with Crippen LogP contribution in [0.15, 0.2) is 66.7 Å². The van der Waals surface area contributed by atoms with Crippen molar-refractivity contribution in [2.75, 3.05) is 30.6 Å². The van der Waals surface area contributed by atoms with Crippen LogP contribution in [0.25, 0.3) is 0 Å². The molecule has 9 heteroatoms. The molecular weight excluding hydrogens is 448 g/mol. The van der Waals surface area contributed by atoms with Crippen LogP contribution in [0.5, 0.6) is 0 Å². The van der Waals surface area contributed by atoms with Gasteiger partial charge in [0.2, 0.25) is 10.0 Å². The molecule has 3 rings (SSSR count). The number of nitrogens with one attached hydrogen (secondary N) is 1. The third-order valence-corrected chi connectivity index (χ3v) is 6.19. The molecule has 0 radical (unpaired) electrons. The number of hydrogen-bond acceptors (Lipinski definition) is 4. The Labute approximate surface area is 192 Å². The van der Waals surface area contributed by atoms with Crippen molar-refractivity contribution in [3.8, 4) is 0 Å². The highest BCUT2D eigenvalue weighted by molar-refractivity contribution is 7.88. The Morgan fingerprint density at radius 3 is 2.21 bits per heavy atom. The molecule has 3 aromatic rings. The molecule has 0 aliphatic rings. The lowest BCUT2D eigenvalue weighted by atomic mass is 10.1. The second kappa shape index (κ2) is 10.1. The Bertz CT molecular complexity index is 1250. The lowest BCUT2D eigenvalue weighted by molar-refractivity contribution is 0.102. The summed E-state index contributed by atoms with van der Waals surface area (Å²) in [5.41, 5.74) is 2.68. The van der Waals surface area contributed by atoms with Gasteiger partial charge in [0, 0.05) is 44.1 Å². The van der Waals surface area contributed by atoms with Gasteiger partial charge in [0.05, 0.1) is 6.26 Å². The molecule has 0 aliphatic heterocycles. The molecule has 0 unspecified atom stereocenters. The van der Waals surface area contributed by atoms with Crippen LogP contribution in [0.4, 0.5) is 20.2 Å². The van der Waals surface area contributed by atoms with Crippen molar-refractivity contribution in [2.45, 2.75) is 13.1 Å². The maximum absolute atomic E-state index is 13.5. The van der Waals surface area contributed by atoms with Gasteiger partial charge in [0.1, 0.15) is 11.6 Å². The molecule has 0 saturated carbocycles. The van der Waals surface area contributed by atoms with E-state index in [2.05, 4.69) is 5.32 Å². The molecule has 6 nitrogen and oxygen atoms in total. The summed E-state index contributed by atoms with van der Waals surface area (Å²) in [6.07, 6.45) is 1.11. The van der Waals surface area contributed by atoms with E-state index in [0.717, 1.165) is 18.0 Å². The van der Waals surface area contributed by atoms with E-state index in [4.69, 9.17) is 0 Å². The summed E-state index contributed by atoms with van der Waals surface area (Å²) in [5.74, 6) is -1.40. The first-order valence-corrected chi connectivity index (χ1v) is 11.9. The van der Waals surface area contributed by atoms with Gasteiger partial charge in [-0.25, -0.2) is 17.2 Å². The molecule has 0 atom stereocenters. The smallest absolute Gasteiger partial charge is 0.255 e. The van der Waals surface area contributed by atoms with Crippen molar-refractivity contribution in [3.63, 3.8) is 0 Å². The third kappa shape index (κ3) is 6.59. The van der Waals surface area contributed by atoms with E-state index in [0.29, 0.717) is 16.8 Å². The van der Waals surface area contributed by atoms with Crippen LogP contribution in [0, 0.1) is 11.6 Å². The van der Waals surface area contributed by atoms with E-state index in [1.165, 1.54) is 46.8 Å². The van der Waals surface area contributed by atoms with Crippen molar-refractivity contribution in [2.24, 2.45) is 0 Å². The van der Waals surface area contributed by atoms with Crippen molar-refractivity contribution >= 4 is 27.3 Å². The van der Waals surface area contributed by atoms with Crippen LogP contribution in [0.3, 0.4) is 0 Å². The topological polar surface area (TPSA) is 69.7 Å². The van der Waals surface area contributed by atoms with Gasteiger partial charge < -0.3 is 10.2 Å². The first-order valence-electron chi connectivity index (χ1n) is 10.1. The molecular formula is C24H25F2N3O3S. The van der Waals surface area contributed by atoms with Crippen LogP contribution in [0.1, 0.15) is 21.5 Å². The molecule has 0 aromatic heterocycles. The number of amides is 1. The van der Waals surface area contributed by atoms with E-state index >= 15 is 0 Å². The lowest BCUT2D eigenvalue weighted by Crippen LogP contribution is -2.30. The highest BCUT2D eigenvalue weighted by Crippen LogP contribution is 2.26. The molecule has 0 saturated heterocycles. The second-order valence-corrected chi connectivity index (χ2v) is 9.84. The number of benzene rings is 3. The fourth-order valence-electron chi connectivity index (χ4n) is 3.33. The maximum Gasteiger partial charge on any atom is 0.255 e. The van der Waals surface area contributed by atoms with Gasteiger partial charge in [-0.2, -0.15) is 4.31 Å². The van der Waals surface area contributed by atoms with E-state index in [9.17, 15) is 22.0 Å². The minimum atomic E-state index is -3.61. The van der Waals surface area contributed by atoms with Gasteiger partial charge >= 0.3 is 0 Å². The predicted molar refractivity (Wildman–Crippen MR) is 126 cm³/mol. The number of hydrogen-bond donors (Lipinski definition) is 1. The van der Waals surface area contributed by atoms with Gasteiger partial charge in [-0.1, -0.05) is 18.2 Å². The Hall–Kier alpha value is -3.30. The first-order chi connectivity index (χ1) is 15.5. The monoisotopic (exact) mass is 473 g/mol. The molecule has 0 heterocycles. The van der Waals surface area contributed by atoms with Gasteiger partial charge in [0.25, 0.3) is 5.91 Å². The van der Waals surface area contributed by atoms with Crippen LogP contribution in [-0.2, 0) is 23.1 Å². The zero-order valence-corrected chi connectivity index (χ0v) is 19.4. The van der Waals surface area contributed by atoms with Gasteiger partial charge in [-0.15, -0.1) is 0 Å². The SMILES string of the molecule is CN(C)c1ccc(NC(=O)c2cccc(F)c2)cc1CN(Cc1ccc(F)cc1)S(C)(=O)=O. The Morgan fingerprint density at radius 2 is 1.61 bits per heavy atom. The van der Waals surface area contributed by atoms with Crippen LogP contribution in [-0.4, -0.2) is 39.0 Å². The third-order valence-electron chi connectivity index (χ3n) is 4.99. The van der Waals surface area contributed by atoms with Gasteiger partial charge in [-0.3, -0.25) is 4.79 Å². The standard InChI is InChI=1S/C24H25F2N3O3S/c1-28(2)23-12-11-22(27-24(30)18-5-4-6-21(26)13-18)14-19(23)16-29(33(3,31)32)15-17-7-9-20(25)10-8-17/h4-14H,15-16H2,1-3H3,(H,27,30). The molecule has 174 valence electrons. The van der Waals surface area contributed by atoms with E-state index in [1.807, 2.05) is 19.0 Å². The average molecular weight is 474 g/mol. The number of carbonyl (C=O) groups excluding carboxylic acids is 1. The summed E-state index contributed by atoms with van der Waals surface area (Å²) < 4.78 is 53.0. The zero-order valence-electron chi connectivity index (χ0n) is 18.5. The molecule has 0 spiro atoms. The molecule has 0 bridgehead atoms. The Balaban J connectivity index is 1.90. The number of nitrogens with zero attached hydrogens (tertiary/aromatic N) is 2. The highest BCUT2D eigenvalue weighted by atomic mass is 32.2. The Morgan fingerprint density at radius 1 is 0.909 bits per heavy atom.